The van der Waals surface area contributed by atoms with Crippen molar-refractivity contribution < 1.29 is 19.4 Å². The third kappa shape index (κ3) is 4.90. The second-order valence-electron chi connectivity index (χ2n) is 5.02. The third-order valence-electron chi connectivity index (χ3n) is 3.25. The van der Waals surface area contributed by atoms with E-state index in [1.165, 1.54) is 0 Å². The summed E-state index contributed by atoms with van der Waals surface area (Å²) in [5, 5.41) is 9.06. The highest BCUT2D eigenvalue weighted by atomic mass is 16.5. The first-order chi connectivity index (χ1) is 10.7. The Balaban J connectivity index is 1.68. The summed E-state index contributed by atoms with van der Waals surface area (Å²) < 4.78 is 11.1. The van der Waals surface area contributed by atoms with Crippen LogP contribution in [-0.4, -0.2) is 24.3 Å². The van der Waals surface area contributed by atoms with Crippen LogP contribution in [0.1, 0.15) is 27.9 Å². The molecule has 116 valence electrons. The van der Waals surface area contributed by atoms with E-state index in [9.17, 15) is 4.79 Å². The minimum Gasteiger partial charge on any atom is -0.493 e. The second kappa shape index (κ2) is 8.20. The Morgan fingerprint density at radius 2 is 1.86 bits per heavy atom. The number of hydrogen-bond donors (Lipinski definition) is 1. The van der Waals surface area contributed by atoms with Gasteiger partial charge in [0, 0.05) is 6.42 Å². The van der Waals surface area contributed by atoms with E-state index in [2.05, 4.69) is 0 Å². The van der Waals surface area contributed by atoms with Gasteiger partial charge < -0.3 is 14.6 Å². The van der Waals surface area contributed by atoms with E-state index in [0.717, 1.165) is 17.5 Å². The standard InChI is InChI=1S/C18H20O4/c1-14-8-9-16(12-17(14)18(19)20)22-11-5-10-21-13-15-6-3-2-4-7-15/h2-4,6-9,12H,5,10-11,13H2,1H3,(H,19,20). The fraction of sp³-hybridized carbons (Fsp3) is 0.278. The summed E-state index contributed by atoms with van der Waals surface area (Å²) in [5.41, 5.74) is 2.15. The first-order valence-corrected chi connectivity index (χ1v) is 7.25. The van der Waals surface area contributed by atoms with Gasteiger partial charge in [-0.1, -0.05) is 36.4 Å². The van der Waals surface area contributed by atoms with Crippen LogP contribution in [0.2, 0.25) is 0 Å². The molecule has 0 atom stereocenters. The zero-order valence-corrected chi connectivity index (χ0v) is 12.6. The molecule has 0 aliphatic heterocycles. The van der Waals surface area contributed by atoms with Gasteiger partial charge in [-0.3, -0.25) is 0 Å². The quantitative estimate of drug-likeness (QED) is 0.756. The van der Waals surface area contributed by atoms with Crippen LogP contribution in [0.15, 0.2) is 48.5 Å². The van der Waals surface area contributed by atoms with E-state index in [1.807, 2.05) is 30.3 Å². The maximum atomic E-state index is 11.0. The lowest BCUT2D eigenvalue weighted by molar-refractivity contribution is 0.0695. The van der Waals surface area contributed by atoms with Crippen molar-refractivity contribution in [2.45, 2.75) is 20.0 Å². The Bertz CT molecular complexity index is 608. The highest BCUT2D eigenvalue weighted by molar-refractivity contribution is 5.89. The number of aryl methyl sites for hydroxylation is 1. The zero-order chi connectivity index (χ0) is 15.8. The van der Waals surface area contributed by atoms with Crippen LogP contribution in [0.3, 0.4) is 0 Å². The summed E-state index contributed by atoms with van der Waals surface area (Å²) >= 11 is 0. The molecule has 2 aromatic carbocycles. The molecule has 0 radical (unpaired) electrons. The van der Waals surface area contributed by atoms with Crippen LogP contribution in [-0.2, 0) is 11.3 Å². The highest BCUT2D eigenvalue weighted by Gasteiger charge is 2.08. The minimum atomic E-state index is -0.936. The van der Waals surface area contributed by atoms with Crippen LogP contribution in [0.5, 0.6) is 5.75 Å². The van der Waals surface area contributed by atoms with Crippen LogP contribution >= 0.6 is 0 Å². The molecule has 0 aromatic heterocycles. The molecule has 0 aliphatic rings. The molecule has 1 N–H and O–H groups in total. The number of ether oxygens (including phenoxy) is 2. The molecule has 22 heavy (non-hydrogen) atoms. The first kappa shape index (κ1) is 16.0. The Labute approximate surface area is 130 Å². The predicted octanol–water partition coefficient (Wildman–Crippen LogP) is 3.68. The van der Waals surface area contributed by atoms with Gasteiger partial charge in [0.05, 0.1) is 25.4 Å². The second-order valence-corrected chi connectivity index (χ2v) is 5.02. The normalized spacial score (nSPS) is 10.4. The molecular weight excluding hydrogens is 280 g/mol. The van der Waals surface area contributed by atoms with Crippen molar-refractivity contribution in [2.75, 3.05) is 13.2 Å². The Hall–Kier alpha value is -2.33. The number of carboxylic acid groups (broad SMARTS) is 1. The van der Waals surface area contributed by atoms with Gasteiger partial charge in [-0.05, 0) is 30.2 Å². The maximum Gasteiger partial charge on any atom is 0.336 e. The molecule has 0 bridgehead atoms. The van der Waals surface area contributed by atoms with E-state index in [4.69, 9.17) is 14.6 Å². The smallest absolute Gasteiger partial charge is 0.336 e. The van der Waals surface area contributed by atoms with Crippen molar-refractivity contribution in [3.05, 3.63) is 65.2 Å². The van der Waals surface area contributed by atoms with Gasteiger partial charge in [0.2, 0.25) is 0 Å². The van der Waals surface area contributed by atoms with Crippen LogP contribution < -0.4 is 4.74 Å². The Kier molecular flexibility index (Phi) is 5.98. The van der Waals surface area contributed by atoms with Gasteiger partial charge in [0.25, 0.3) is 0 Å². The molecule has 0 saturated carbocycles. The molecule has 0 amide bonds. The number of rotatable bonds is 8. The van der Waals surface area contributed by atoms with Crippen molar-refractivity contribution in [1.82, 2.24) is 0 Å². The number of aromatic carboxylic acids is 1. The largest absolute Gasteiger partial charge is 0.493 e. The molecule has 4 heteroatoms. The lowest BCUT2D eigenvalue weighted by Crippen LogP contribution is -2.05. The molecule has 0 spiro atoms. The molecule has 2 rings (SSSR count). The third-order valence-corrected chi connectivity index (χ3v) is 3.25. The van der Waals surface area contributed by atoms with E-state index < -0.39 is 5.97 Å². The van der Waals surface area contributed by atoms with Crippen molar-refractivity contribution in [1.29, 1.82) is 0 Å². The van der Waals surface area contributed by atoms with Gasteiger partial charge in [0.15, 0.2) is 0 Å². The average molecular weight is 300 g/mol. The average Bonchev–Trinajstić information content (AvgIpc) is 2.53. The van der Waals surface area contributed by atoms with Gasteiger partial charge >= 0.3 is 5.97 Å². The van der Waals surface area contributed by atoms with E-state index in [1.54, 1.807) is 25.1 Å². The zero-order valence-electron chi connectivity index (χ0n) is 12.6. The van der Waals surface area contributed by atoms with Gasteiger partial charge in [-0.15, -0.1) is 0 Å². The number of benzene rings is 2. The molecule has 0 saturated heterocycles. The van der Waals surface area contributed by atoms with E-state index >= 15 is 0 Å². The van der Waals surface area contributed by atoms with Crippen molar-refractivity contribution >= 4 is 5.97 Å². The fourth-order valence-electron chi connectivity index (χ4n) is 2.04. The van der Waals surface area contributed by atoms with Crippen molar-refractivity contribution in [3.63, 3.8) is 0 Å². The van der Waals surface area contributed by atoms with Gasteiger partial charge in [0.1, 0.15) is 5.75 Å². The van der Waals surface area contributed by atoms with Crippen LogP contribution in [0.4, 0.5) is 0 Å². The van der Waals surface area contributed by atoms with Crippen LogP contribution in [0.25, 0.3) is 0 Å². The van der Waals surface area contributed by atoms with Crippen molar-refractivity contribution in [2.24, 2.45) is 0 Å². The van der Waals surface area contributed by atoms with Crippen LogP contribution in [0, 0.1) is 6.92 Å². The SMILES string of the molecule is Cc1ccc(OCCCOCc2ccccc2)cc1C(=O)O. The van der Waals surface area contributed by atoms with Gasteiger partial charge in [-0.25, -0.2) is 4.79 Å². The molecule has 0 aliphatic carbocycles. The van der Waals surface area contributed by atoms with E-state index in [0.29, 0.717) is 25.6 Å². The minimum absolute atomic E-state index is 0.276. The molecule has 0 unspecified atom stereocenters. The summed E-state index contributed by atoms with van der Waals surface area (Å²) in [6.07, 6.45) is 0.753. The summed E-state index contributed by atoms with van der Waals surface area (Å²) in [5.74, 6) is -0.361. The lowest BCUT2D eigenvalue weighted by Gasteiger charge is -2.09. The topological polar surface area (TPSA) is 55.8 Å². The number of carbonyl (C=O) groups is 1. The summed E-state index contributed by atoms with van der Waals surface area (Å²) in [6.45, 7) is 3.46. The van der Waals surface area contributed by atoms with Crippen molar-refractivity contribution in [3.8, 4) is 5.75 Å². The Morgan fingerprint density at radius 1 is 1.09 bits per heavy atom. The lowest BCUT2D eigenvalue weighted by atomic mass is 10.1. The first-order valence-electron chi connectivity index (χ1n) is 7.25. The monoisotopic (exact) mass is 300 g/mol. The molecule has 2 aromatic rings. The molecule has 0 fully saturated rings. The highest BCUT2D eigenvalue weighted by Crippen LogP contribution is 2.17. The summed E-state index contributed by atoms with van der Waals surface area (Å²) in [6, 6.07) is 15.1. The van der Waals surface area contributed by atoms with E-state index in [-0.39, 0.29) is 5.56 Å². The summed E-state index contributed by atoms with van der Waals surface area (Å²) in [7, 11) is 0. The molecule has 4 nitrogen and oxygen atoms in total. The van der Waals surface area contributed by atoms with Gasteiger partial charge in [-0.2, -0.15) is 0 Å². The summed E-state index contributed by atoms with van der Waals surface area (Å²) in [4.78, 5) is 11.0. The number of carboxylic acids is 1. The number of hydrogen-bond acceptors (Lipinski definition) is 3. The maximum absolute atomic E-state index is 11.0. The fourth-order valence-corrected chi connectivity index (χ4v) is 2.04. The molecule has 0 heterocycles. The Morgan fingerprint density at radius 3 is 2.59 bits per heavy atom. The molecular formula is C18H20O4. The predicted molar refractivity (Wildman–Crippen MR) is 84.3 cm³/mol.